The maximum atomic E-state index is 13.2. The summed E-state index contributed by atoms with van der Waals surface area (Å²) in [5.41, 5.74) is 2.81. The Kier molecular flexibility index (Phi) is 5.28. The van der Waals surface area contributed by atoms with Gasteiger partial charge in [0.15, 0.2) is 11.6 Å². The number of carbonyl (C=O) groups is 2. The summed E-state index contributed by atoms with van der Waals surface area (Å²) < 4.78 is 26.1. The van der Waals surface area contributed by atoms with Crippen molar-refractivity contribution >= 4 is 23.2 Å². The van der Waals surface area contributed by atoms with Crippen molar-refractivity contribution in [1.29, 1.82) is 0 Å². The number of nitrogens with one attached hydrogen (secondary N) is 1. The van der Waals surface area contributed by atoms with Crippen LogP contribution in [-0.4, -0.2) is 18.4 Å². The molecular formula is C18H18F2N2O2. The van der Waals surface area contributed by atoms with Crippen molar-refractivity contribution in [3.05, 3.63) is 59.2 Å². The van der Waals surface area contributed by atoms with Crippen molar-refractivity contribution in [1.82, 2.24) is 0 Å². The van der Waals surface area contributed by atoms with Gasteiger partial charge in [0.1, 0.15) is 6.54 Å². The lowest BCUT2D eigenvalue weighted by molar-refractivity contribution is -0.120. The molecule has 2 amide bonds. The molecule has 0 saturated heterocycles. The highest BCUT2D eigenvalue weighted by Gasteiger charge is 2.17. The monoisotopic (exact) mass is 332 g/mol. The molecule has 1 N–H and O–H groups in total. The van der Waals surface area contributed by atoms with E-state index in [1.54, 1.807) is 6.07 Å². The minimum atomic E-state index is -1.05. The van der Waals surface area contributed by atoms with Gasteiger partial charge in [0.25, 0.3) is 0 Å². The van der Waals surface area contributed by atoms with Gasteiger partial charge in [-0.2, -0.15) is 0 Å². The number of carbonyl (C=O) groups excluding carboxylic acids is 2. The third-order valence-electron chi connectivity index (χ3n) is 3.69. The molecule has 0 unspecified atom stereocenters. The fraction of sp³-hybridized carbons (Fsp3) is 0.222. The number of halogens is 2. The van der Waals surface area contributed by atoms with Crippen LogP contribution in [0.2, 0.25) is 0 Å². The highest BCUT2D eigenvalue weighted by molar-refractivity contribution is 6.01. The van der Waals surface area contributed by atoms with Crippen molar-refractivity contribution in [2.75, 3.05) is 16.8 Å². The number of hydrogen-bond donors (Lipinski definition) is 1. The molecule has 24 heavy (non-hydrogen) atoms. The van der Waals surface area contributed by atoms with Crippen molar-refractivity contribution < 1.29 is 18.4 Å². The number of nitrogens with zero attached hydrogens (tertiary/aromatic N) is 1. The first-order valence-electron chi connectivity index (χ1n) is 7.38. The molecule has 4 nitrogen and oxygen atoms in total. The van der Waals surface area contributed by atoms with E-state index in [2.05, 4.69) is 5.32 Å². The molecule has 0 heterocycles. The van der Waals surface area contributed by atoms with Gasteiger partial charge in [0, 0.05) is 24.4 Å². The summed E-state index contributed by atoms with van der Waals surface area (Å²) in [5.74, 6) is -2.84. The van der Waals surface area contributed by atoms with Gasteiger partial charge >= 0.3 is 0 Å². The smallest absolute Gasteiger partial charge is 0.244 e. The van der Waals surface area contributed by atoms with E-state index in [0.717, 1.165) is 23.3 Å². The predicted molar refractivity (Wildman–Crippen MR) is 88.9 cm³/mol. The molecule has 0 bridgehead atoms. The van der Waals surface area contributed by atoms with E-state index in [1.165, 1.54) is 17.9 Å². The SMILES string of the molecule is CC(=O)N(CC(=O)Nc1ccc(F)c(F)c1)c1ccc(C)c(C)c1. The standard InChI is InChI=1S/C18H18F2N2O2/c1-11-4-6-15(8-12(11)2)22(13(3)23)10-18(24)21-14-5-7-16(19)17(20)9-14/h4-9H,10H2,1-3H3,(H,21,24). The number of hydrogen-bond acceptors (Lipinski definition) is 2. The molecule has 0 spiro atoms. The first-order chi connectivity index (χ1) is 11.3. The van der Waals surface area contributed by atoms with E-state index in [1.807, 2.05) is 26.0 Å². The molecule has 0 saturated carbocycles. The largest absolute Gasteiger partial charge is 0.324 e. The minimum absolute atomic E-state index is 0.127. The highest BCUT2D eigenvalue weighted by Crippen LogP contribution is 2.19. The number of benzene rings is 2. The molecule has 0 aromatic heterocycles. The van der Waals surface area contributed by atoms with Crippen molar-refractivity contribution in [2.45, 2.75) is 20.8 Å². The Bertz CT molecular complexity index is 791. The van der Waals surface area contributed by atoms with Crippen LogP contribution in [0.25, 0.3) is 0 Å². The zero-order valence-corrected chi connectivity index (χ0v) is 13.7. The minimum Gasteiger partial charge on any atom is -0.324 e. The number of amides is 2. The van der Waals surface area contributed by atoms with E-state index < -0.39 is 17.5 Å². The molecule has 0 aliphatic heterocycles. The van der Waals surface area contributed by atoms with Crippen LogP contribution in [0.1, 0.15) is 18.1 Å². The van der Waals surface area contributed by atoms with E-state index in [-0.39, 0.29) is 18.1 Å². The molecule has 0 atom stereocenters. The lowest BCUT2D eigenvalue weighted by atomic mass is 10.1. The van der Waals surface area contributed by atoms with Crippen LogP contribution in [-0.2, 0) is 9.59 Å². The summed E-state index contributed by atoms with van der Waals surface area (Å²) in [5, 5.41) is 2.45. The Labute approximate surface area is 139 Å². The molecule has 0 aliphatic rings. The topological polar surface area (TPSA) is 49.4 Å². The second-order valence-electron chi connectivity index (χ2n) is 5.55. The Morgan fingerprint density at radius 2 is 1.71 bits per heavy atom. The molecule has 2 aromatic carbocycles. The summed E-state index contributed by atoms with van der Waals surface area (Å²) in [4.78, 5) is 25.3. The van der Waals surface area contributed by atoms with Crippen molar-refractivity contribution in [2.24, 2.45) is 0 Å². The number of rotatable bonds is 4. The highest BCUT2D eigenvalue weighted by atomic mass is 19.2. The first-order valence-corrected chi connectivity index (χ1v) is 7.38. The summed E-state index contributed by atoms with van der Waals surface area (Å²) in [6, 6.07) is 8.52. The van der Waals surface area contributed by atoms with E-state index in [9.17, 15) is 18.4 Å². The van der Waals surface area contributed by atoms with Crippen LogP contribution in [0.4, 0.5) is 20.2 Å². The number of aryl methyl sites for hydroxylation is 2. The van der Waals surface area contributed by atoms with Gasteiger partial charge in [-0.05, 0) is 49.2 Å². The maximum absolute atomic E-state index is 13.2. The molecule has 6 heteroatoms. The van der Waals surface area contributed by atoms with Crippen LogP contribution in [0.5, 0.6) is 0 Å². The normalized spacial score (nSPS) is 10.4. The summed E-state index contributed by atoms with van der Waals surface area (Å²) in [6.07, 6.45) is 0. The van der Waals surface area contributed by atoms with Gasteiger partial charge in [-0.3, -0.25) is 9.59 Å². The van der Waals surface area contributed by atoms with E-state index >= 15 is 0 Å². The molecule has 126 valence electrons. The predicted octanol–water partition coefficient (Wildman–Crippen LogP) is 3.57. The van der Waals surface area contributed by atoms with Crippen LogP contribution in [0.3, 0.4) is 0 Å². The Hall–Kier alpha value is -2.76. The third-order valence-corrected chi connectivity index (χ3v) is 3.69. The van der Waals surface area contributed by atoms with Crippen molar-refractivity contribution in [3.8, 4) is 0 Å². The van der Waals surface area contributed by atoms with Crippen LogP contribution < -0.4 is 10.2 Å². The lowest BCUT2D eigenvalue weighted by Gasteiger charge is -2.21. The second-order valence-corrected chi connectivity index (χ2v) is 5.55. The average molecular weight is 332 g/mol. The van der Waals surface area contributed by atoms with Gasteiger partial charge in [-0.25, -0.2) is 8.78 Å². The maximum Gasteiger partial charge on any atom is 0.244 e. The molecule has 0 radical (unpaired) electrons. The third kappa shape index (κ3) is 4.16. The summed E-state index contributed by atoms with van der Waals surface area (Å²) in [7, 11) is 0. The average Bonchev–Trinajstić information content (AvgIpc) is 2.51. The molecule has 2 aromatic rings. The van der Waals surface area contributed by atoms with Crippen molar-refractivity contribution in [3.63, 3.8) is 0 Å². The van der Waals surface area contributed by atoms with Gasteiger partial charge in [0.2, 0.25) is 11.8 Å². The van der Waals surface area contributed by atoms with E-state index in [0.29, 0.717) is 5.69 Å². The van der Waals surface area contributed by atoms with Gasteiger partial charge in [-0.15, -0.1) is 0 Å². The van der Waals surface area contributed by atoms with Gasteiger partial charge < -0.3 is 10.2 Å². The van der Waals surface area contributed by atoms with Gasteiger partial charge in [0.05, 0.1) is 0 Å². The quantitative estimate of drug-likeness (QED) is 0.930. The van der Waals surface area contributed by atoms with E-state index in [4.69, 9.17) is 0 Å². The molecule has 0 aliphatic carbocycles. The van der Waals surface area contributed by atoms with Crippen LogP contribution >= 0.6 is 0 Å². The fourth-order valence-electron chi connectivity index (χ4n) is 2.20. The second kappa shape index (κ2) is 7.21. The lowest BCUT2D eigenvalue weighted by Crippen LogP contribution is -2.36. The zero-order valence-electron chi connectivity index (χ0n) is 13.7. The van der Waals surface area contributed by atoms with Crippen LogP contribution in [0, 0.1) is 25.5 Å². The fourth-order valence-corrected chi connectivity index (χ4v) is 2.20. The first kappa shape index (κ1) is 17.6. The molecule has 0 fully saturated rings. The Morgan fingerprint density at radius 1 is 1.00 bits per heavy atom. The zero-order chi connectivity index (χ0) is 17.9. The summed E-state index contributed by atoms with van der Waals surface area (Å²) >= 11 is 0. The van der Waals surface area contributed by atoms with Gasteiger partial charge in [-0.1, -0.05) is 6.07 Å². The summed E-state index contributed by atoms with van der Waals surface area (Å²) in [6.45, 7) is 5.00. The Balaban J connectivity index is 2.15. The molecular weight excluding hydrogens is 314 g/mol. The number of anilines is 2. The molecule has 2 rings (SSSR count). The van der Waals surface area contributed by atoms with Crippen LogP contribution in [0.15, 0.2) is 36.4 Å². The Morgan fingerprint density at radius 3 is 2.29 bits per heavy atom.